The number of rotatable bonds is 4. The molecular weight excluding hydrogens is 262 g/mol. The van der Waals surface area contributed by atoms with Gasteiger partial charge in [-0.25, -0.2) is 0 Å². The zero-order valence-corrected chi connectivity index (χ0v) is 12.2. The average Bonchev–Trinajstić information content (AvgIpc) is 2.46. The van der Waals surface area contributed by atoms with Crippen LogP contribution in [-0.4, -0.2) is 31.1 Å². The van der Waals surface area contributed by atoms with Crippen molar-refractivity contribution in [1.29, 1.82) is 0 Å². The fourth-order valence-electron chi connectivity index (χ4n) is 2.60. The van der Waals surface area contributed by atoms with Crippen LogP contribution in [-0.2, 0) is 9.53 Å². The van der Waals surface area contributed by atoms with Crippen molar-refractivity contribution in [2.45, 2.75) is 31.7 Å². The van der Waals surface area contributed by atoms with Crippen LogP contribution in [0.5, 0.6) is 0 Å². The van der Waals surface area contributed by atoms with Crippen LogP contribution < -0.4 is 0 Å². The van der Waals surface area contributed by atoms with Crippen molar-refractivity contribution >= 4 is 18.4 Å². The Hall–Kier alpha value is -1.06. The summed E-state index contributed by atoms with van der Waals surface area (Å²) in [5.41, 5.74) is 1.21. The van der Waals surface area contributed by atoms with Gasteiger partial charge in [-0.15, -0.1) is 12.4 Å². The molecule has 106 valence electrons. The standard InChI is InChI=1S/C15H21NO2.ClH/c1-18-15(17)12-14(13-8-4-2-5-9-13)16-10-6-3-7-11-16;/h2,4-5,8-9,14H,3,6-7,10-12H2,1H3;1H. The molecule has 1 aliphatic heterocycles. The molecule has 1 saturated heterocycles. The molecule has 0 aliphatic carbocycles. The van der Waals surface area contributed by atoms with E-state index in [9.17, 15) is 4.79 Å². The van der Waals surface area contributed by atoms with E-state index in [-0.39, 0.29) is 24.4 Å². The molecule has 4 heteroatoms. The maximum absolute atomic E-state index is 11.6. The Morgan fingerprint density at radius 2 is 1.84 bits per heavy atom. The predicted molar refractivity (Wildman–Crippen MR) is 78.5 cm³/mol. The summed E-state index contributed by atoms with van der Waals surface area (Å²) < 4.78 is 4.83. The SMILES string of the molecule is COC(=O)CC(c1ccccc1)N1CCCCC1.Cl. The van der Waals surface area contributed by atoms with Gasteiger partial charge in [0.15, 0.2) is 0 Å². The van der Waals surface area contributed by atoms with Crippen LogP contribution in [0.2, 0.25) is 0 Å². The minimum Gasteiger partial charge on any atom is -0.469 e. The number of carbonyl (C=O) groups excluding carboxylic acids is 1. The summed E-state index contributed by atoms with van der Waals surface area (Å²) >= 11 is 0. The summed E-state index contributed by atoms with van der Waals surface area (Å²) in [5, 5.41) is 0. The number of methoxy groups -OCH3 is 1. The molecule has 2 rings (SSSR count). The molecule has 1 aromatic carbocycles. The fraction of sp³-hybridized carbons (Fsp3) is 0.533. The number of hydrogen-bond donors (Lipinski definition) is 0. The summed E-state index contributed by atoms with van der Waals surface area (Å²) in [6.07, 6.45) is 4.20. The molecule has 0 N–H and O–H groups in total. The molecule has 0 bridgehead atoms. The minimum absolute atomic E-state index is 0. The largest absolute Gasteiger partial charge is 0.469 e. The molecule has 1 aliphatic rings. The highest BCUT2D eigenvalue weighted by atomic mass is 35.5. The third-order valence-electron chi connectivity index (χ3n) is 3.60. The number of hydrogen-bond acceptors (Lipinski definition) is 3. The first-order valence-electron chi connectivity index (χ1n) is 6.67. The van der Waals surface area contributed by atoms with E-state index in [0.717, 1.165) is 13.1 Å². The van der Waals surface area contributed by atoms with Crippen LogP contribution in [0.1, 0.15) is 37.3 Å². The van der Waals surface area contributed by atoms with Gasteiger partial charge in [-0.2, -0.15) is 0 Å². The molecule has 19 heavy (non-hydrogen) atoms. The molecule has 3 nitrogen and oxygen atoms in total. The molecule has 0 radical (unpaired) electrons. The topological polar surface area (TPSA) is 29.5 Å². The molecule has 0 saturated carbocycles. The maximum atomic E-state index is 11.6. The second-order valence-electron chi connectivity index (χ2n) is 4.80. The highest BCUT2D eigenvalue weighted by molar-refractivity contribution is 5.85. The van der Waals surface area contributed by atoms with Gasteiger partial charge in [0.25, 0.3) is 0 Å². The lowest BCUT2D eigenvalue weighted by Crippen LogP contribution is -2.35. The molecule has 0 amide bonds. The normalized spacial score (nSPS) is 17.3. The zero-order chi connectivity index (χ0) is 12.8. The van der Waals surface area contributed by atoms with Crippen LogP contribution >= 0.6 is 12.4 Å². The van der Waals surface area contributed by atoms with E-state index < -0.39 is 0 Å². The number of piperidine rings is 1. The average molecular weight is 284 g/mol. The lowest BCUT2D eigenvalue weighted by atomic mass is 9.99. The van der Waals surface area contributed by atoms with Gasteiger partial charge in [-0.1, -0.05) is 36.8 Å². The first-order valence-corrected chi connectivity index (χ1v) is 6.67. The van der Waals surface area contributed by atoms with Gasteiger partial charge in [-0.3, -0.25) is 9.69 Å². The Balaban J connectivity index is 0.00000180. The third kappa shape index (κ3) is 4.51. The van der Waals surface area contributed by atoms with E-state index in [1.165, 1.54) is 31.9 Å². The number of ether oxygens (including phenoxy) is 1. The van der Waals surface area contributed by atoms with Gasteiger partial charge in [-0.05, 0) is 31.5 Å². The number of nitrogens with zero attached hydrogens (tertiary/aromatic N) is 1. The lowest BCUT2D eigenvalue weighted by molar-refractivity contribution is -0.142. The molecule has 0 aromatic heterocycles. The monoisotopic (exact) mass is 283 g/mol. The third-order valence-corrected chi connectivity index (χ3v) is 3.60. The van der Waals surface area contributed by atoms with Gasteiger partial charge in [0.1, 0.15) is 0 Å². The summed E-state index contributed by atoms with van der Waals surface area (Å²) in [7, 11) is 1.46. The molecule has 1 atom stereocenters. The number of carbonyl (C=O) groups is 1. The van der Waals surface area contributed by atoms with Crippen molar-refractivity contribution in [3.05, 3.63) is 35.9 Å². The summed E-state index contributed by atoms with van der Waals surface area (Å²) in [5.74, 6) is -0.130. The second kappa shape index (κ2) is 8.18. The van der Waals surface area contributed by atoms with Crippen LogP contribution in [0.3, 0.4) is 0 Å². The molecule has 1 heterocycles. The summed E-state index contributed by atoms with van der Waals surface area (Å²) in [4.78, 5) is 14.0. The lowest BCUT2D eigenvalue weighted by Gasteiger charge is -2.34. The number of halogens is 1. The smallest absolute Gasteiger partial charge is 0.307 e. The minimum atomic E-state index is -0.130. The van der Waals surface area contributed by atoms with Crippen molar-refractivity contribution < 1.29 is 9.53 Å². The molecule has 1 unspecified atom stereocenters. The molecule has 1 aromatic rings. The van der Waals surface area contributed by atoms with Gasteiger partial charge in [0.05, 0.1) is 13.5 Å². The van der Waals surface area contributed by atoms with Crippen molar-refractivity contribution in [2.24, 2.45) is 0 Å². The van der Waals surface area contributed by atoms with E-state index in [4.69, 9.17) is 4.74 Å². The fourth-order valence-corrected chi connectivity index (χ4v) is 2.60. The molecular formula is C15H22ClNO2. The maximum Gasteiger partial charge on any atom is 0.307 e. The first kappa shape index (κ1) is 16.0. The Kier molecular flexibility index (Phi) is 6.89. The van der Waals surface area contributed by atoms with Crippen LogP contribution in [0, 0.1) is 0 Å². The zero-order valence-electron chi connectivity index (χ0n) is 11.4. The Morgan fingerprint density at radius 1 is 1.21 bits per heavy atom. The van der Waals surface area contributed by atoms with Crippen molar-refractivity contribution in [3.63, 3.8) is 0 Å². The van der Waals surface area contributed by atoms with E-state index >= 15 is 0 Å². The van der Waals surface area contributed by atoms with E-state index in [0.29, 0.717) is 6.42 Å². The highest BCUT2D eigenvalue weighted by Gasteiger charge is 2.24. The molecule has 0 spiro atoms. The number of likely N-dealkylation sites (tertiary alicyclic amines) is 1. The van der Waals surface area contributed by atoms with Crippen molar-refractivity contribution in [1.82, 2.24) is 4.90 Å². The van der Waals surface area contributed by atoms with Crippen LogP contribution in [0.4, 0.5) is 0 Å². The second-order valence-corrected chi connectivity index (χ2v) is 4.80. The van der Waals surface area contributed by atoms with Gasteiger partial charge >= 0.3 is 5.97 Å². The van der Waals surface area contributed by atoms with Gasteiger partial charge < -0.3 is 4.74 Å². The van der Waals surface area contributed by atoms with Crippen LogP contribution in [0.15, 0.2) is 30.3 Å². The van der Waals surface area contributed by atoms with Crippen molar-refractivity contribution in [2.75, 3.05) is 20.2 Å². The highest BCUT2D eigenvalue weighted by Crippen LogP contribution is 2.27. The van der Waals surface area contributed by atoms with E-state index in [1.807, 2.05) is 18.2 Å². The van der Waals surface area contributed by atoms with E-state index in [1.54, 1.807) is 0 Å². The Morgan fingerprint density at radius 3 is 2.42 bits per heavy atom. The quantitative estimate of drug-likeness (QED) is 0.795. The van der Waals surface area contributed by atoms with Gasteiger partial charge in [0.2, 0.25) is 0 Å². The first-order chi connectivity index (χ1) is 8.81. The van der Waals surface area contributed by atoms with E-state index in [2.05, 4.69) is 17.0 Å². The number of benzene rings is 1. The van der Waals surface area contributed by atoms with Crippen LogP contribution in [0.25, 0.3) is 0 Å². The number of esters is 1. The summed E-state index contributed by atoms with van der Waals surface area (Å²) in [6.45, 7) is 2.16. The molecule has 1 fully saturated rings. The van der Waals surface area contributed by atoms with Gasteiger partial charge in [0, 0.05) is 6.04 Å². The Bertz CT molecular complexity index is 377. The summed E-state index contributed by atoms with van der Waals surface area (Å²) in [6, 6.07) is 10.4. The predicted octanol–water partition coefficient (Wildman–Crippen LogP) is 3.20. The Labute approximate surface area is 121 Å². The van der Waals surface area contributed by atoms with Crippen molar-refractivity contribution in [3.8, 4) is 0 Å².